The minimum absolute atomic E-state index is 0.141. The van der Waals surface area contributed by atoms with Crippen molar-refractivity contribution in [3.05, 3.63) is 22.8 Å². The maximum absolute atomic E-state index is 11.9. The van der Waals surface area contributed by atoms with Crippen molar-refractivity contribution in [2.45, 2.75) is 6.42 Å². The number of carbonyl (C=O) groups excluding carboxylic acids is 1. The van der Waals surface area contributed by atoms with Gasteiger partial charge in [0, 0.05) is 20.3 Å². The van der Waals surface area contributed by atoms with Gasteiger partial charge >= 0.3 is 0 Å². The van der Waals surface area contributed by atoms with Crippen LogP contribution in [0.1, 0.15) is 16.9 Å². The maximum atomic E-state index is 11.9. The Hall–Kier alpha value is -1.41. The molecule has 0 bridgehead atoms. The number of nitrogens with one attached hydrogen (secondary N) is 2. The summed E-state index contributed by atoms with van der Waals surface area (Å²) in [5.74, 6) is 5.27. The van der Waals surface area contributed by atoms with Crippen LogP contribution in [0, 0.1) is 0 Å². The number of carbonyl (C=O) groups is 1. The summed E-state index contributed by atoms with van der Waals surface area (Å²) in [4.78, 5) is 15.9. The second-order valence-corrected chi connectivity index (χ2v) is 4.29. The number of aromatic nitrogens is 1. The molecule has 0 aliphatic carbocycles. The lowest BCUT2D eigenvalue weighted by Crippen LogP contribution is -2.27. The molecule has 0 spiro atoms. The molecule has 20 heavy (non-hydrogen) atoms. The van der Waals surface area contributed by atoms with Crippen LogP contribution in [0.2, 0.25) is 5.02 Å². The number of ether oxygens (including phenoxy) is 2. The summed E-state index contributed by atoms with van der Waals surface area (Å²) >= 11 is 5.91. The van der Waals surface area contributed by atoms with E-state index in [1.165, 1.54) is 0 Å². The van der Waals surface area contributed by atoms with Gasteiger partial charge in [-0.05, 0) is 18.6 Å². The van der Waals surface area contributed by atoms with Crippen LogP contribution in [0.25, 0.3) is 0 Å². The number of pyridine rings is 1. The first kappa shape index (κ1) is 16.6. The van der Waals surface area contributed by atoms with Gasteiger partial charge in [0.15, 0.2) is 0 Å². The summed E-state index contributed by atoms with van der Waals surface area (Å²) in [6.45, 7) is 2.13. The van der Waals surface area contributed by atoms with E-state index in [1.807, 2.05) is 0 Å². The number of nitrogens with two attached hydrogens (primary N) is 1. The minimum Gasteiger partial charge on any atom is -0.382 e. The molecule has 0 aliphatic heterocycles. The molecule has 0 unspecified atom stereocenters. The summed E-state index contributed by atoms with van der Waals surface area (Å²) in [6.07, 6.45) is 0.696. The Kier molecular flexibility index (Phi) is 7.89. The molecule has 1 rings (SSSR count). The Morgan fingerprint density at radius 3 is 2.90 bits per heavy atom. The first-order valence-electron chi connectivity index (χ1n) is 6.17. The summed E-state index contributed by atoms with van der Waals surface area (Å²) < 4.78 is 10.1. The number of hydrogen-bond donors (Lipinski definition) is 3. The highest BCUT2D eigenvalue weighted by Gasteiger charge is 2.12. The number of amides is 1. The van der Waals surface area contributed by atoms with Crippen molar-refractivity contribution < 1.29 is 14.3 Å². The lowest BCUT2D eigenvalue weighted by Gasteiger charge is -2.08. The zero-order valence-corrected chi connectivity index (χ0v) is 12.1. The van der Waals surface area contributed by atoms with E-state index in [1.54, 1.807) is 19.2 Å². The molecule has 1 heterocycles. The van der Waals surface area contributed by atoms with Crippen LogP contribution in [0.5, 0.6) is 0 Å². The largest absolute Gasteiger partial charge is 0.382 e. The Balaban J connectivity index is 2.32. The number of anilines is 1. The van der Waals surface area contributed by atoms with E-state index in [-0.39, 0.29) is 16.6 Å². The van der Waals surface area contributed by atoms with Crippen molar-refractivity contribution in [1.29, 1.82) is 0 Å². The first-order chi connectivity index (χ1) is 9.69. The SMILES string of the molecule is COCCOCCCNC(=O)c1nc(NN)ccc1Cl. The molecule has 112 valence electrons. The monoisotopic (exact) mass is 302 g/mol. The Bertz CT molecular complexity index is 431. The average molecular weight is 303 g/mol. The van der Waals surface area contributed by atoms with E-state index in [4.69, 9.17) is 26.9 Å². The van der Waals surface area contributed by atoms with Gasteiger partial charge in [-0.25, -0.2) is 10.8 Å². The first-order valence-corrected chi connectivity index (χ1v) is 6.55. The van der Waals surface area contributed by atoms with Gasteiger partial charge in [0.1, 0.15) is 11.5 Å². The van der Waals surface area contributed by atoms with E-state index in [2.05, 4.69) is 15.7 Å². The lowest BCUT2D eigenvalue weighted by molar-refractivity contribution is 0.0688. The quantitative estimate of drug-likeness (QED) is 0.355. The molecule has 0 aromatic carbocycles. The smallest absolute Gasteiger partial charge is 0.271 e. The van der Waals surface area contributed by atoms with Gasteiger partial charge in [-0.15, -0.1) is 0 Å². The van der Waals surface area contributed by atoms with Crippen LogP contribution in [-0.2, 0) is 9.47 Å². The molecule has 0 saturated heterocycles. The maximum Gasteiger partial charge on any atom is 0.271 e. The third kappa shape index (κ3) is 5.70. The minimum atomic E-state index is -0.344. The Morgan fingerprint density at radius 2 is 2.20 bits per heavy atom. The number of methoxy groups -OCH3 is 1. The van der Waals surface area contributed by atoms with Crippen molar-refractivity contribution >= 4 is 23.3 Å². The van der Waals surface area contributed by atoms with Gasteiger partial charge in [0.25, 0.3) is 5.91 Å². The number of nitrogen functional groups attached to an aromatic ring is 1. The van der Waals surface area contributed by atoms with E-state index in [0.717, 1.165) is 0 Å². The third-order valence-corrected chi connectivity index (χ3v) is 2.70. The van der Waals surface area contributed by atoms with Crippen molar-refractivity contribution in [2.24, 2.45) is 5.84 Å². The van der Waals surface area contributed by atoms with Crippen LogP contribution >= 0.6 is 11.6 Å². The second-order valence-electron chi connectivity index (χ2n) is 3.89. The Labute approximate surface area is 122 Å². The molecule has 7 nitrogen and oxygen atoms in total. The molecule has 0 aliphatic rings. The number of rotatable bonds is 9. The van der Waals surface area contributed by atoms with E-state index >= 15 is 0 Å². The van der Waals surface area contributed by atoms with Crippen LogP contribution in [-0.4, -0.2) is 44.4 Å². The molecule has 1 aromatic heterocycles. The van der Waals surface area contributed by atoms with Crippen LogP contribution in [0.3, 0.4) is 0 Å². The Morgan fingerprint density at radius 1 is 1.40 bits per heavy atom. The number of hydrazine groups is 1. The van der Waals surface area contributed by atoms with Gasteiger partial charge in [0.2, 0.25) is 0 Å². The van der Waals surface area contributed by atoms with E-state index in [0.29, 0.717) is 38.6 Å². The summed E-state index contributed by atoms with van der Waals surface area (Å²) in [5, 5.41) is 2.99. The molecule has 0 saturated carbocycles. The summed E-state index contributed by atoms with van der Waals surface area (Å²) in [5.41, 5.74) is 2.50. The van der Waals surface area contributed by atoms with Gasteiger partial charge in [0.05, 0.1) is 18.2 Å². The highest BCUT2D eigenvalue weighted by molar-refractivity contribution is 6.33. The van der Waals surface area contributed by atoms with E-state index in [9.17, 15) is 4.79 Å². The van der Waals surface area contributed by atoms with Crippen molar-refractivity contribution in [3.63, 3.8) is 0 Å². The third-order valence-electron chi connectivity index (χ3n) is 2.39. The fraction of sp³-hybridized carbons (Fsp3) is 0.500. The molecule has 1 amide bonds. The molecule has 4 N–H and O–H groups in total. The molecule has 8 heteroatoms. The van der Waals surface area contributed by atoms with Gasteiger partial charge in [-0.3, -0.25) is 4.79 Å². The van der Waals surface area contributed by atoms with E-state index < -0.39 is 0 Å². The van der Waals surface area contributed by atoms with Crippen molar-refractivity contribution in [3.8, 4) is 0 Å². The number of halogens is 1. The van der Waals surface area contributed by atoms with Gasteiger partial charge in [-0.1, -0.05) is 11.6 Å². The van der Waals surface area contributed by atoms with Gasteiger partial charge in [-0.2, -0.15) is 0 Å². The fourth-order valence-corrected chi connectivity index (χ4v) is 1.58. The predicted molar refractivity (Wildman–Crippen MR) is 76.7 cm³/mol. The molecule has 0 radical (unpaired) electrons. The average Bonchev–Trinajstić information content (AvgIpc) is 2.46. The molecule has 0 fully saturated rings. The summed E-state index contributed by atoms with van der Waals surface area (Å²) in [7, 11) is 1.62. The van der Waals surface area contributed by atoms with Crippen LogP contribution in [0.15, 0.2) is 12.1 Å². The normalized spacial score (nSPS) is 10.3. The van der Waals surface area contributed by atoms with Crippen LogP contribution in [0.4, 0.5) is 5.82 Å². The zero-order valence-electron chi connectivity index (χ0n) is 11.3. The predicted octanol–water partition coefficient (Wildman–Crippen LogP) is 0.804. The molecular formula is C12H19ClN4O3. The molecular weight excluding hydrogens is 284 g/mol. The highest BCUT2D eigenvalue weighted by Crippen LogP contribution is 2.15. The fourth-order valence-electron chi connectivity index (χ4n) is 1.39. The second kappa shape index (κ2) is 9.49. The van der Waals surface area contributed by atoms with Crippen molar-refractivity contribution in [2.75, 3.05) is 38.9 Å². The number of nitrogens with zero attached hydrogens (tertiary/aromatic N) is 1. The topological polar surface area (TPSA) is 98.5 Å². The zero-order chi connectivity index (χ0) is 14.8. The van der Waals surface area contributed by atoms with Crippen molar-refractivity contribution in [1.82, 2.24) is 10.3 Å². The van der Waals surface area contributed by atoms with Crippen LogP contribution < -0.4 is 16.6 Å². The summed E-state index contributed by atoms with van der Waals surface area (Å²) in [6, 6.07) is 3.15. The molecule has 1 aromatic rings. The highest BCUT2D eigenvalue weighted by atomic mass is 35.5. The van der Waals surface area contributed by atoms with Gasteiger partial charge < -0.3 is 20.2 Å². The molecule has 0 atom stereocenters. The lowest BCUT2D eigenvalue weighted by atomic mass is 10.3. The standard InChI is InChI=1S/C12H19ClN4O3/c1-19-7-8-20-6-2-5-15-12(18)11-9(13)3-4-10(16-11)17-14/h3-4H,2,5-8,14H2,1H3,(H,15,18)(H,16,17). The number of hydrogen-bond acceptors (Lipinski definition) is 6.